The molecule has 2 rings (SSSR count). The molecule has 1 aromatic rings. The highest BCUT2D eigenvalue weighted by atomic mass is 16.1. The Morgan fingerprint density at radius 1 is 0.952 bits per heavy atom. The zero-order valence-electron chi connectivity index (χ0n) is 13.4. The van der Waals surface area contributed by atoms with Crippen LogP contribution >= 0.6 is 0 Å². The lowest BCUT2D eigenvalue weighted by molar-refractivity contribution is -0.120. The van der Waals surface area contributed by atoms with Gasteiger partial charge in [0.25, 0.3) is 0 Å². The lowest BCUT2D eigenvalue weighted by atomic mass is 10.00. The van der Waals surface area contributed by atoms with E-state index < -0.39 is 0 Å². The van der Waals surface area contributed by atoms with Gasteiger partial charge in [0.15, 0.2) is 5.78 Å². The van der Waals surface area contributed by atoms with Crippen molar-refractivity contribution in [1.29, 1.82) is 0 Å². The first kappa shape index (κ1) is 19.2. The lowest BCUT2D eigenvalue weighted by Gasteiger charge is -2.05. The van der Waals surface area contributed by atoms with Crippen molar-refractivity contribution in [2.45, 2.75) is 59.3 Å². The second-order valence-electron chi connectivity index (χ2n) is 5.08. The molecule has 0 aliphatic heterocycles. The molecule has 0 spiro atoms. The van der Waals surface area contributed by atoms with Crippen molar-refractivity contribution in [2.75, 3.05) is 0 Å². The standard InChI is InChI=1S/C8H8O.C6H10O.C4H8O/c1-7(9)8-5-3-2-4-6-8;7-6-4-2-1-3-5-6;1-3-4(2)5/h2-6H,1H3;1-5H2;3H2,1-2H3. The smallest absolute Gasteiger partial charge is 0.159 e. The first-order valence-electron chi connectivity index (χ1n) is 7.54. The van der Waals surface area contributed by atoms with Gasteiger partial charge in [-0.3, -0.25) is 9.59 Å². The molecule has 0 unspecified atom stereocenters. The summed E-state index contributed by atoms with van der Waals surface area (Å²) in [6.45, 7) is 5.00. The molecule has 1 saturated carbocycles. The molecule has 0 bridgehead atoms. The summed E-state index contributed by atoms with van der Waals surface area (Å²) < 4.78 is 0. The minimum absolute atomic E-state index is 0.121. The number of carbonyl (C=O) groups is 3. The van der Waals surface area contributed by atoms with Crippen molar-refractivity contribution in [1.82, 2.24) is 0 Å². The summed E-state index contributed by atoms with van der Waals surface area (Å²) in [4.78, 5) is 30.9. The molecule has 3 heteroatoms. The van der Waals surface area contributed by atoms with E-state index in [2.05, 4.69) is 0 Å². The molecule has 0 N–H and O–H groups in total. The van der Waals surface area contributed by atoms with Crippen LogP contribution in [-0.4, -0.2) is 17.3 Å². The maximum atomic E-state index is 10.6. The third-order valence-corrected chi connectivity index (χ3v) is 3.09. The van der Waals surface area contributed by atoms with Crippen LogP contribution in [0.1, 0.15) is 69.7 Å². The summed E-state index contributed by atoms with van der Waals surface area (Å²) >= 11 is 0. The number of hydrogen-bond donors (Lipinski definition) is 0. The van der Waals surface area contributed by atoms with Crippen LogP contribution in [-0.2, 0) is 9.59 Å². The maximum absolute atomic E-state index is 10.6. The van der Waals surface area contributed by atoms with Crippen LogP contribution in [0.15, 0.2) is 30.3 Å². The maximum Gasteiger partial charge on any atom is 0.159 e. The van der Waals surface area contributed by atoms with Crippen LogP contribution in [0.5, 0.6) is 0 Å². The molecule has 1 fully saturated rings. The van der Waals surface area contributed by atoms with Gasteiger partial charge in [0.2, 0.25) is 0 Å². The second-order valence-corrected chi connectivity index (χ2v) is 5.08. The first-order chi connectivity index (χ1) is 9.97. The second kappa shape index (κ2) is 12.0. The number of carbonyl (C=O) groups excluding carboxylic acids is 3. The SMILES string of the molecule is CC(=O)c1ccccc1.CCC(C)=O.O=C1CCCCC1. The molecule has 21 heavy (non-hydrogen) atoms. The molecule has 1 aliphatic rings. The van der Waals surface area contributed by atoms with E-state index in [0.29, 0.717) is 12.2 Å². The summed E-state index contributed by atoms with van der Waals surface area (Å²) in [7, 11) is 0. The Morgan fingerprint density at radius 2 is 1.43 bits per heavy atom. The third kappa shape index (κ3) is 11.7. The Morgan fingerprint density at radius 3 is 1.67 bits per heavy atom. The van der Waals surface area contributed by atoms with E-state index in [0.717, 1.165) is 31.2 Å². The van der Waals surface area contributed by atoms with E-state index >= 15 is 0 Å². The number of hydrogen-bond acceptors (Lipinski definition) is 3. The first-order valence-corrected chi connectivity index (χ1v) is 7.54. The third-order valence-electron chi connectivity index (χ3n) is 3.09. The molecule has 0 amide bonds. The van der Waals surface area contributed by atoms with Gasteiger partial charge >= 0.3 is 0 Å². The summed E-state index contributed by atoms with van der Waals surface area (Å²) in [5, 5.41) is 0. The number of ketones is 3. The normalized spacial score (nSPS) is 13.2. The van der Waals surface area contributed by atoms with E-state index in [1.807, 2.05) is 37.3 Å². The molecular weight excluding hydrogens is 264 g/mol. The van der Waals surface area contributed by atoms with Gasteiger partial charge in [-0.05, 0) is 26.7 Å². The van der Waals surface area contributed by atoms with Crippen molar-refractivity contribution in [2.24, 2.45) is 0 Å². The summed E-state index contributed by atoms with van der Waals surface area (Å²) in [6.07, 6.45) is 5.91. The van der Waals surface area contributed by atoms with Crippen LogP contribution in [0.4, 0.5) is 0 Å². The zero-order valence-corrected chi connectivity index (χ0v) is 13.4. The summed E-state index contributed by atoms with van der Waals surface area (Å²) in [5.74, 6) is 0.840. The van der Waals surface area contributed by atoms with Gasteiger partial charge < -0.3 is 4.79 Å². The van der Waals surface area contributed by atoms with E-state index in [9.17, 15) is 14.4 Å². The Balaban J connectivity index is 0.000000300. The van der Waals surface area contributed by atoms with Gasteiger partial charge in [0, 0.05) is 24.8 Å². The highest BCUT2D eigenvalue weighted by molar-refractivity contribution is 5.93. The molecule has 1 aliphatic carbocycles. The fourth-order valence-electron chi connectivity index (χ4n) is 1.62. The molecule has 0 atom stereocenters. The van der Waals surface area contributed by atoms with Crippen molar-refractivity contribution in [3.05, 3.63) is 35.9 Å². The van der Waals surface area contributed by atoms with Crippen LogP contribution < -0.4 is 0 Å². The Bertz CT molecular complexity index is 427. The van der Waals surface area contributed by atoms with E-state index in [1.165, 1.54) is 6.42 Å². The molecule has 1 aromatic carbocycles. The zero-order chi connectivity index (χ0) is 16.1. The average molecular weight is 290 g/mol. The molecule has 0 saturated heterocycles. The number of rotatable bonds is 2. The molecule has 0 aromatic heterocycles. The van der Waals surface area contributed by atoms with Gasteiger partial charge in [-0.15, -0.1) is 0 Å². The average Bonchev–Trinajstić information content (AvgIpc) is 2.50. The quantitative estimate of drug-likeness (QED) is 0.759. The number of benzene rings is 1. The van der Waals surface area contributed by atoms with Crippen molar-refractivity contribution in [3.63, 3.8) is 0 Å². The minimum Gasteiger partial charge on any atom is -0.300 e. The predicted molar refractivity (Wildman–Crippen MR) is 85.5 cm³/mol. The van der Waals surface area contributed by atoms with Crippen molar-refractivity contribution >= 4 is 17.3 Å². The molecule has 3 nitrogen and oxygen atoms in total. The lowest BCUT2D eigenvalue weighted by Crippen LogP contribution is -2.02. The van der Waals surface area contributed by atoms with Crippen molar-refractivity contribution in [3.8, 4) is 0 Å². The Kier molecular flexibility index (Phi) is 11.0. The summed E-state index contributed by atoms with van der Waals surface area (Å²) in [6, 6.07) is 9.23. The van der Waals surface area contributed by atoms with Crippen LogP contribution in [0.2, 0.25) is 0 Å². The summed E-state index contributed by atoms with van der Waals surface area (Å²) in [5.41, 5.74) is 0.775. The monoisotopic (exact) mass is 290 g/mol. The molecule has 0 radical (unpaired) electrons. The van der Waals surface area contributed by atoms with E-state index in [-0.39, 0.29) is 11.6 Å². The van der Waals surface area contributed by atoms with Gasteiger partial charge in [0.1, 0.15) is 11.6 Å². The minimum atomic E-state index is 0.121. The highest BCUT2D eigenvalue weighted by Gasteiger charge is 2.05. The highest BCUT2D eigenvalue weighted by Crippen LogP contribution is 2.12. The van der Waals surface area contributed by atoms with E-state index in [1.54, 1.807) is 13.8 Å². The Labute approximate surface area is 127 Å². The molecular formula is C18H26O3. The van der Waals surface area contributed by atoms with Crippen LogP contribution in [0.3, 0.4) is 0 Å². The molecule has 0 heterocycles. The van der Waals surface area contributed by atoms with Gasteiger partial charge in [0.05, 0.1) is 0 Å². The largest absolute Gasteiger partial charge is 0.300 e. The van der Waals surface area contributed by atoms with Crippen molar-refractivity contribution < 1.29 is 14.4 Å². The fraction of sp³-hybridized carbons (Fsp3) is 0.500. The fourth-order valence-corrected chi connectivity index (χ4v) is 1.62. The molecule has 116 valence electrons. The van der Waals surface area contributed by atoms with Crippen LogP contribution in [0.25, 0.3) is 0 Å². The number of Topliss-reactive ketones (excluding diaryl/α,β-unsaturated/α-hetero) is 3. The predicted octanol–water partition coefficient (Wildman–Crippen LogP) is 4.39. The topological polar surface area (TPSA) is 51.2 Å². The van der Waals surface area contributed by atoms with E-state index in [4.69, 9.17) is 0 Å². The van der Waals surface area contributed by atoms with Gasteiger partial charge in [-0.25, -0.2) is 0 Å². The van der Waals surface area contributed by atoms with Gasteiger partial charge in [-0.2, -0.15) is 0 Å². The van der Waals surface area contributed by atoms with Crippen LogP contribution in [0, 0.1) is 0 Å². The Hall–Kier alpha value is -1.77. The van der Waals surface area contributed by atoms with Gasteiger partial charge in [-0.1, -0.05) is 43.7 Å².